The SMILES string of the molecule is CC.CC1(C)CSn2c(c(-c3cc(F)c(C=O)c(NC4CCCCC4)c3)c3ccc(F)cc32)C1.CN. The highest BCUT2D eigenvalue weighted by Gasteiger charge is 2.32. The van der Waals surface area contributed by atoms with Crippen molar-refractivity contribution < 1.29 is 13.6 Å². The highest BCUT2D eigenvalue weighted by molar-refractivity contribution is 7.98. The number of nitrogens with zero attached hydrogens (tertiary/aromatic N) is 1. The molecule has 3 N–H and O–H groups in total. The molecule has 4 nitrogen and oxygen atoms in total. The van der Waals surface area contributed by atoms with Gasteiger partial charge in [0.1, 0.15) is 11.6 Å². The number of aldehydes is 1. The number of halogens is 2. The van der Waals surface area contributed by atoms with E-state index in [1.807, 2.05) is 19.9 Å². The zero-order valence-electron chi connectivity index (χ0n) is 22.1. The van der Waals surface area contributed by atoms with Gasteiger partial charge in [-0.05, 0) is 79.6 Å². The molecule has 2 aliphatic rings. The fourth-order valence-corrected chi connectivity index (χ4v) is 6.31. The number of fused-ring (bicyclic) bond motifs is 3. The molecule has 5 rings (SSSR count). The Morgan fingerprint density at radius 1 is 1.08 bits per heavy atom. The largest absolute Gasteiger partial charge is 0.382 e. The molecule has 0 amide bonds. The molecular weight excluding hydrogens is 476 g/mol. The molecule has 0 unspecified atom stereocenters. The fraction of sp³-hybridized carbons (Fsp3) is 0.483. The average Bonchev–Trinajstić information content (AvgIpc) is 3.18. The van der Waals surface area contributed by atoms with Crippen LogP contribution < -0.4 is 11.1 Å². The van der Waals surface area contributed by atoms with Crippen LogP contribution in [0.4, 0.5) is 14.5 Å². The number of nitrogens with two attached hydrogens (primary N) is 1. The number of anilines is 1. The van der Waals surface area contributed by atoms with Crippen molar-refractivity contribution in [3.63, 3.8) is 0 Å². The van der Waals surface area contributed by atoms with Crippen molar-refractivity contribution >= 4 is 34.8 Å². The first-order chi connectivity index (χ1) is 17.4. The lowest BCUT2D eigenvalue weighted by molar-refractivity contribution is 0.112. The molecule has 0 radical (unpaired) electrons. The predicted octanol–water partition coefficient (Wildman–Crippen LogP) is 7.82. The Kier molecular flexibility index (Phi) is 9.59. The number of carbonyl (C=O) groups excluding carboxylic acids is 1. The Morgan fingerprint density at radius 3 is 2.44 bits per heavy atom. The van der Waals surface area contributed by atoms with Crippen molar-refractivity contribution in [3.8, 4) is 11.1 Å². The van der Waals surface area contributed by atoms with E-state index >= 15 is 4.39 Å². The molecule has 196 valence electrons. The molecule has 1 aliphatic heterocycles. The molecule has 7 heteroatoms. The maximum Gasteiger partial charge on any atom is 0.155 e. The molecule has 2 heterocycles. The number of rotatable bonds is 4. The van der Waals surface area contributed by atoms with Crippen LogP contribution in [0.5, 0.6) is 0 Å². The van der Waals surface area contributed by atoms with Gasteiger partial charge >= 0.3 is 0 Å². The number of aromatic nitrogens is 1. The van der Waals surface area contributed by atoms with Gasteiger partial charge in [0.15, 0.2) is 6.29 Å². The van der Waals surface area contributed by atoms with Gasteiger partial charge < -0.3 is 11.1 Å². The second-order valence-electron chi connectivity index (χ2n) is 9.91. The molecule has 1 saturated carbocycles. The van der Waals surface area contributed by atoms with Gasteiger partial charge in [-0.15, -0.1) is 0 Å². The lowest BCUT2D eigenvalue weighted by Gasteiger charge is -2.31. The summed E-state index contributed by atoms with van der Waals surface area (Å²) in [4.78, 5) is 11.7. The Labute approximate surface area is 218 Å². The van der Waals surface area contributed by atoms with Gasteiger partial charge in [0.05, 0.1) is 11.1 Å². The minimum Gasteiger partial charge on any atom is -0.382 e. The van der Waals surface area contributed by atoms with Crippen molar-refractivity contribution in [2.24, 2.45) is 11.1 Å². The highest BCUT2D eigenvalue weighted by Crippen LogP contribution is 2.46. The average molecular weight is 516 g/mol. The van der Waals surface area contributed by atoms with E-state index < -0.39 is 5.82 Å². The van der Waals surface area contributed by atoms with Gasteiger partial charge in [-0.1, -0.05) is 47.0 Å². The highest BCUT2D eigenvalue weighted by atomic mass is 32.2. The summed E-state index contributed by atoms with van der Waals surface area (Å²) in [6, 6.07) is 8.43. The van der Waals surface area contributed by atoms with Gasteiger partial charge in [0.2, 0.25) is 0 Å². The van der Waals surface area contributed by atoms with Crippen LogP contribution in [0.15, 0.2) is 30.3 Å². The predicted molar refractivity (Wildman–Crippen MR) is 150 cm³/mol. The Morgan fingerprint density at radius 2 is 1.78 bits per heavy atom. The number of benzene rings is 2. The van der Waals surface area contributed by atoms with E-state index in [2.05, 4.69) is 28.9 Å². The molecule has 3 aromatic rings. The first kappa shape index (κ1) is 28.2. The summed E-state index contributed by atoms with van der Waals surface area (Å²) in [6.07, 6.45) is 6.98. The van der Waals surface area contributed by atoms with Crippen molar-refractivity contribution in [2.45, 2.75) is 72.3 Å². The monoisotopic (exact) mass is 515 g/mol. The lowest BCUT2D eigenvalue weighted by atomic mass is 9.87. The number of hydrogen-bond acceptors (Lipinski definition) is 4. The van der Waals surface area contributed by atoms with Crippen LogP contribution in [0.3, 0.4) is 0 Å². The third-order valence-corrected chi connectivity index (χ3v) is 8.30. The van der Waals surface area contributed by atoms with Crippen LogP contribution in [0.25, 0.3) is 22.0 Å². The number of nitrogens with one attached hydrogen (secondary N) is 1. The molecule has 0 atom stereocenters. The standard InChI is InChI=1S/C26H28F2N2OS.C2H6.CH5N/c1-26(2)13-24-25(19-9-8-17(27)12-23(19)30(24)32-15-26)16-10-21(28)20(14-31)22(11-16)29-18-6-4-3-5-7-18;2*1-2/h8-12,14,18,29H,3-7,13,15H2,1-2H3;1-2H3;2H2,1H3. The number of hydrogen-bond donors (Lipinski definition) is 2. The zero-order valence-corrected chi connectivity index (χ0v) is 22.9. The summed E-state index contributed by atoms with van der Waals surface area (Å²) < 4.78 is 31.4. The maximum atomic E-state index is 15.2. The van der Waals surface area contributed by atoms with E-state index in [4.69, 9.17) is 0 Å². The van der Waals surface area contributed by atoms with Crippen LogP contribution in [0.1, 0.15) is 75.9 Å². The van der Waals surface area contributed by atoms with E-state index in [9.17, 15) is 9.18 Å². The van der Waals surface area contributed by atoms with Gasteiger partial charge in [-0.25, -0.2) is 8.78 Å². The van der Waals surface area contributed by atoms with Crippen molar-refractivity contribution in [1.29, 1.82) is 0 Å². The van der Waals surface area contributed by atoms with Crippen LogP contribution in [0, 0.1) is 17.0 Å². The second kappa shape index (κ2) is 12.2. The minimum absolute atomic E-state index is 0.0762. The summed E-state index contributed by atoms with van der Waals surface area (Å²) in [5, 5.41) is 4.36. The van der Waals surface area contributed by atoms with E-state index in [1.165, 1.54) is 25.6 Å². The molecule has 36 heavy (non-hydrogen) atoms. The molecule has 1 aromatic heterocycles. The van der Waals surface area contributed by atoms with Gasteiger partial charge in [0, 0.05) is 34.1 Å². The van der Waals surface area contributed by atoms with E-state index in [0.29, 0.717) is 12.0 Å². The molecule has 1 fully saturated rings. The first-order valence-corrected chi connectivity index (χ1v) is 13.9. The normalized spacial score (nSPS) is 16.8. The topological polar surface area (TPSA) is 60.0 Å². The molecule has 0 spiro atoms. The molecule has 0 saturated heterocycles. The van der Waals surface area contributed by atoms with Crippen LogP contribution in [0.2, 0.25) is 0 Å². The van der Waals surface area contributed by atoms with Crippen LogP contribution in [-0.2, 0) is 6.42 Å². The fourth-order valence-electron chi connectivity index (χ4n) is 5.13. The second-order valence-corrected chi connectivity index (χ2v) is 10.8. The molecular formula is C29H39F2N3OS. The van der Waals surface area contributed by atoms with Crippen LogP contribution in [-0.4, -0.2) is 29.1 Å². The molecule has 1 aliphatic carbocycles. The molecule has 0 bridgehead atoms. The Hall–Kier alpha value is -2.38. The quantitative estimate of drug-likeness (QED) is 0.348. The lowest BCUT2D eigenvalue weighted by Crippen LogP contribution is -2.25. The molecule has 2 aromatic carbocycles. The van der Waals surface area contributed by atoms with Crippen molar-refractivity contribution in [1.82, 2.24) is 3.97 Å². The van der Waals surface area contributed by atoms with Gasteiger partial charge in [-0.3, -0.25) is 8.77 Å². The third-order valence-electron chi connectivity index (χ3n) is 6.71. The van der Waals surface area contributed by atoms with Gasteiger partial charge in [0.25, 0.3) is 0 Å². The summed E-state index contributed by atoms with van der Waals surface area (Å²) >= 11 is 1.68. The Balaban J connectivity index is 0.000000861. The summed E-state index contributed by atoms with van der Waals surface area (Å²) in [6.45, 7) is 8.44. The summed E-state index contributed by atoms with van der Waals surface area (Å²) in [5.41, 5.74) is 8.77. The third kappa shape index (κ3) is 5.78. The van der Waals surface area contributed by atoms with E-state index in [-0.39, 0.29) is 22.8 Å². The zero-order chi connectivity index (χ0) is 26.5. The first-order valence-electron chi connectivity index (χ1n) is 13.0. The smallest absolute Gasteiger partial charge is 0.155 e. The maximum absolute atomic E-state index is 15.2. The van der Waals surface area contributed by atoms with E-state index in [0.717, 1.165) is 65.6 Å². The minimum atomic E-state index is -0.520. The van der Waals surface area contributed by atoms with E-state index in [1.54, 1.807) is 24.1 Å². The summed E-state index contributed by atoms with van der Waals surface area (Å²) in [5.74, 6) is 0.123. The van der Waals surface area contributed by atoms with Gasteiger partial charge in [-0.2, -0.15) is 0 Å². The summed E-state index contributed by atoms with van der Waals surface area (Å²) in [7, 11) is 1.50. The number of carbonyl (C=O) groups is 1. The van der Waals surface area contributed by atoms with Crippen molar-refractivity contribution in [3.05, 3.63) is 53.2 Å². The van der Waals surface area contributed by atoms with Crippen LogP contribution >= 0.6 is 11.9 Å². The Bertz CT molecular complexity index is 1200. The van der Waals surface area contributed by atoms with Crippen molar-refractivity contribution in [2.75, 3.05) is 18.1 Å².